The van der Waals surface area contributed by atoms with Gasteiger partial charge in [0.2, 0.25) is 11.1 Å². The van der Waals surface area contributed by atoms with Crippen molar-refractivity contribution in [2.24, 2.45) is 5.92 Å². The molecule has 1 unspecified atom stereocenters. The molecule has 21 heavy (non-hydrogen) atoms. The predicted molar refractivity (Wildman–Crippen MR) is 81.7 cm³/mol. The summed E-state index contributed by atoms with van der Waals surface area (Å²) in [5.74, 6) is 0.668. The second-order valence-electron chi connectivity index (χ2n) is 5.66. The summed E-state index contributed by atoms with van der Waals surface area (Å²) in [5.41, 5.74) is 0.177. The number of halogens is 1. The Bertz CT molecular complexity index is 538. The van der Waals surface area contributed by atoms with Crippen LogP contribution < -0.4 is 5.32 Å². The first-order chi connectivity index (χ1) is 9.88. The number of rotatable bonds is 5. The van der Waals surface area contributed by atoms with Crippen LogP contribution in [0.1, 0.15) is 26.0 Å². The molecule has 1 saturated heterocycles. The molecule has 2 rings (SSSR count). The van der Waals surface area contributed by atoms with Gasteiger partial charge in [-0.05, 0) is 51.3 Å². The molecule has 7 nitrogen and oxygen atoms in total. The second kappa shape index (κ2) is 6.53. The third-order valence-electron chi connectivity index (χ3n) is 3.82. The van der Waals surface area contributed by atoms with E-state index < -0.39 is 4.92 Å². The molecule has 0 aliphatic carbocycles. The maximum atomic E-state index is 11.1. The fraction of sp³-hybridized carbons (Fsp3) is 0.692. The van der Waals surface area contributed by atoms with Crippen LogP contribution in [0.5, 0.6) is 0 Å². The van der Waals surface area contributed by atoms with Crippen molar-refractivity contribution in [3.63, 3.8) is 0 Å². The number of hydrogen-bond acceptors (Lipinski definition) is 6. The molecule has 0 saturated carbocycles. The van der Waals surface area contributed by atoms with Crippen LogP contribution in [0, 0.1) is 23.0 Å². The molecule has 8 heteroatoms. The summed E-state index contributed by atoms with van der Waals surface area (Å²) in [6.07, 6.45) is 1.08. The van der Waals surface area contributed by atoms with E-state index in [4.69, 9.17) is 11.6 Å². The lowest BCUT2D eigenvalue weighted by Gasteiger charge is -2.20. The third-order valence-corrected chi connectivity index (χ3v) is 3.99. The van der Waals surface area contributed by atoms with Crippen molar-refractivity contribution < 1.29 is 4.92 Å². The van der Waals surface area contributed by atoms with Gasteiger partial charge in [-0.2, -0.15) is 4.98 Å². The van der Waals surface area contributed by atoms with Crippen LogP contribution in [0.25, 0.3) is 0 Å². The van der Waals surface area contributed by atoms with Crippen molar-refractivity contribution in [1.82, 2.24) is 14.9 Å². The van der Waals surface area contributed by atoms with Crippen molar-refractivity contribution in [2.45, 2.75) is 33.2 Å². The Morgan fingerprint density at radius 2 is 2.24 bits per heavy atom. The van der Waals surface area contributed by atoms with Crippen molar-refractivity contribution in [2.75, 3.05) is 25.0 Å². The lowest BCUT2D eigenvalue weighted by Crippen LogP contribution is -2.29. The fourth-order valence-electron chi connectivity index (χ4n) is 2.61. The molecular formula is C13H20ClN5O2. The molecule has 0 amide bonds. The summed E-state index contributed by atoms with van der Waals surface area (Å²) in [6, 6.07) is 0.528. The third kappa shape index (κ3) is 3.79. The average molecular weight is 314 g/mol. The van der Waals surface area contributed by atoms with Gasteiger partial charge >= 0.3 is 5.69 Å². The summed E-state index contributed by atoms with van der Waals surface area (Å²) in [4.78, 5) is 20.9. The van der Waals surface area contributed by atoms with Crippen LogP contribution >= 0.6 is 11.6 Å². The molecule has 116 valence electrons. The smallest absolute Gasteiger partial charge is 0.332 e. The van der Waals surface area contributed by atoms with Crippen LogP contribution in [-0.2, 0) is 0 Å². The SMILES string of the molecule is Cc1nc(Cl)nc(NCC2CCN(C(C)C)C2)c1[N+](=O)[O-]. The first-order valence-electron chi connectivity index (χ1n) is 7.05. The van der Waals surface area contributed by atoms with Crippen LogP contribution in [0.3, 0.4) is 0 Å². The first-order valence-corrected chi connectivity index (χ1v) is 7.42. The standard InChI is InChI=1S/C13H20ClN5O2/c1-8(2)18-5-4-10(7-18)6-15-12-11(19(20)21)9(3)16-13(14)17-12/h8,10H,4-7H2,1-3H3,(H,15,16,17). The van der Waals surface area contributed by atoms with E-state index in [0.29, 0.717) is 18.5 Å². The van der Waals surface area contributed by atoms with Crippen LogP contribution in [0.4, 0.5) is 11.5 Å². The molecule has 1 aliphatic heterocycles. The van der Waals surface area contributed by atoms with E-state index in [-0.39, 0.29) is 22.5 Å². The van der Waals surface area contributed by atoms with Gasteiger partial charge in [0.05, 0.1) is 4.92 Å². The second-order valence-corrected chi connectivity index (χ2v) is 5.99. The van der Waals surface area contributed by atoms with Gasteiger partial charge in [0.25, 0.3) is 0 Å². The molecule has 1 aliphatic rings. The van der Waals surface area contributed by atoms with E-state index in [9.17, 15) is 10.1 Å². The minimum atomic E-state index is -0.469. The molecule has 0 bridgehead atoms. The Kier molecular flexibility index (Phi) is 4.95. The van der Waals surface area contributed by atoms with Crippen LogP contribution in [0.2, 0.25) is 5.28 Å². The largest absolute Gasteiger partial charge is 0.364 e. The lowest BCUT2D eigenvalue weighted by atomic mass is 10.1. The van der Waals surface area contributed by atoms with Crippen molar-refractivity contribution in [3.05, 3.63) is 21.1 Å². The Balaban J connectivity index is 2.05. The zero-order valence-electron chi connectivity index (χ0n) is 12.5. The summed E-state index contributed by atoms with van der Waals surface area (Å²) >= 11 is 5.79. The van der Waals surface area contributed by atoms with E-state index in [1.165, 1.54) is 0 Å². The van der Waals surface area contributed by atoms with Gasteiger partial charge in [0.1, 0.15) is 5.69 Å². The number of nitrogens with one attached hydrogen (secondary N) is 1. The van der Waals surface area contributed by atoms with Gasteiger partial charge in [-0.15, -0.1) is 0 Å². The normalized spacial score (nSPS) is 19.2. The minimum Gasteiger partial charge on any atom is -0.364 e. The Morgan fingerprint density at radius 1 is 1.52 bits per heavy atom. The highest BCUT2D eigenvalue weighted by Gasteiger charge is 2.26. The summed E-state index contributed by atoms with van der Waals surface area (Å²) in [5, 5.41) is 14.2. The first kappa shape index (κ1) is 15.9. The van der Waals surface area contributed by atoms with Gasteiger partial charge in [-0.1, -0.05) is 0 Å². The quantitative estimate of drug-likeness (QED) is 0.511. The van der Waals surface area contributed by atoms with E-state index in [2.05, 4.69) is 34.0 Å². The van der Waals surface area contributed by atoms with Crippen molar-refractivity contribution in [3.8, 4) is 0 Å². The number of likely N-dealkylation sites (tertiary alicyclic amines) is 1. The number of anilines is 1. The number of aromatic nitrogens is 2. The maximum absolute atomic E-state index is 11.1. The molecule has 0 spiro atoms. The van der Waals surface area contributed by atoms with Crippen molar-refractivity contribution >= 4 is 23.1 Å². The number of hydrogen-bond donors (Lipinski definition) is 1. The molecular weight excluding hydrogens is 294 g/mol. The Morgan fingerprint density at radius 3 is 2.81 bits per heavy atom. The summed E-state index contributed by atoms with van der Waals surface area (Å²) in [7, 11) is 0. The minimum absolute atomic E-state index is 0.0239. The van der Waals surface area contributed by atoms with Gasteiger partial charge in [-0.3, -0.25) is 10.1 Å². The zero-order chi connectivity index (χ0) is 15.6. The van der Waals surface area contributed by atoms with E-state index in [1.54, 1.807) is 6.92 Å². The van der Waals surface area contributed by atoms with E-state index in [1.807, 2.05) is 0 Å². The Hall–Kier alpha value is -1.47. The molecule has 1 atom stereocenters. The monoisotopic (exact) mass is 313 g/mol. The van der Waals surface area contributed by atoms with Crippen LogP contribution in [-0.4, -0.2) is 45.5 Å². The highest BCUT2D eigenvalue weighted by Crippen LogP contribution is 2.27. The Labute approximate surface area is 128 Å². The predicted octanol–water partition coefficient (Wildman–Crippen LogP) is 2.49. The highest BCUT2D eigenvalue weighted by atomic mass is 35.5. The van der Waals surface area contributed by atoms with Gasteiger partial charge < -0.3 is 10.2 Å². The number of nitrogens with zero attached hydrogens (tertiary/aromatic N) is 4. The molecule has 1 aromatic heterocycles. The molecule has 2 heterocycles. The number of aryl methyl sites for hydroxylation is 1. The van der Waals surface area contributed by atoms with Gasteiger partial charge in [-0.25, -0.2) is 4.98 Å². The summed E-state index contributed by atoms with van der Waals surface area (Å²) in [6.45, 7) is 8.62. The summed E-state index contributed by atoms with van der Waals surface area (Å²) < 4.78 is 0. The molecule has 1 fully saturated rings. The number of nitro groups is 1. The lowest BCUT2D eigenvalue weighted by molar-refractivity contribution is -0.385. The van der Waals surface area contributed by atoms with Gasteiger partial charge in [0.15, 0.2) is 0 Å². The molecule has 1 N–H and O–H groups in total. The fourth-order valence-corrected chi connectivity index (χ4v) is 2.83. The molecule has 0 aromatic carbocycles. The maximum Gasteiger partial charge on any atom is 0.332 e. The molecule has 0 radical (unpaired) electrons. The molecule has 1 aromatic rings. The highest BCUT2D eigenvalue weighted by molar-refractivity contribution is 6.28. The van der Waals surface area contributed by atoms with E-state index in [0.717, 1.165) is 19.5 Å². The van der Waals surface area contributed by atoms with Gasteiger partial charge in [0, 0.05) is 19.1 Å². The topological polar surface area (TPSA) is 84.2 Å². The zero-order valence-corrected chi connectivity index (χ0v) is 13.2. The van der Waals surface area contributed by atoms with E-state index >= 15 is 0 Å². The van der Waals surface area contributed by atoms with Crippen molar-refractivity contribution in [1.29, 1.82) is 0 Å². The average Bonchev–Trinajstić information content (AvgIpc) is 2.83. The van der Waals surface area contributed by atoms with Crippen LogP contribution in [0.15, 0.2) is 0 Å².